The number of benzene rings is 2. The number of halogens is 3. The Hall–Kier alpha value is -1.40. The first-order valence-electron chi connectivity index (χ1n) is 5.70. The molecule has 0 atom stereocenters. The number of nitrogen functional groups attached to an aromatic ring is 1. The van der Waals surface area contributed by atoms with Crippen molar-refractivity contribution in [3.05, 3.63) is 56.2 Å². The smallest absolute Gasteiger partial charge is 0.255 e. The highest BCUT2D eigenvalue weighted by Crippen LogP contribution is 2.25. The Morgan fingerprint density at radius 2 is 1.90 bits per heavy atom. The van der Waals surface area contributed by atoms with E-state index in [0.717, 1.165) is 4.47 Å². The van der Waals surface area contributed by atoms with Gasteiger partial charge in [-0.1, -0.05) is 0 Å². The highest BCUT2D eigenvalue weighted by atomic mass is 79.9. The van der Waals surface area contributed by atoms with Gasteiger partial charge in [0.25, 0.3) is 5.91 Å². The third-order valence-electron chi connectivity index (χ3n) is 2.77. The summed E-state index contributed by atoms with van der Waals surface area (Å²) in [4.78, 5) is 12.1. The third kappa shape index (κ3) is 3.19. The summed E-state index contributed by atoms with van der Waals surface area (Å²) in [7, 11) is 0. The quantitative estimate of drug-likeness (QED) is 0.728. The van der Waals surface area contributed by atoms with Crippen molar-refractivity contribution in [3.63, 3.8) is 0 Å². The number of aryl methyl sites for hydroxylation is 1. The molecule has 20 heavy (non-hydrogen) atoms. The van der Waals surface area contributed by atoms with Crippen LogP contribution in [-0.2, 0) is 0 Å². The van der Waals surface area contributed by atoms with Gasteiger partial charge < -0.3 is 11.1 Å². The highest BCUT2D eigenvalue weighted by Gasteiger charge is 2.11. The van der Waals surface area contributed by atoms with Gasteiger partial charge in [0.1, 0.15) is 5.82 Å². The fraction of sp³-hybridized carbons (Fsp3) is 0.0714. The van der Waals surface area contributed by atoms with E-state index in [2.05, 4.69) is 37.2 Å². The molecule has 0 bridgehead atoms. The van der Waals surface area contributed by atoms with Crippen LogP contribution in [0.15, 0.2) is 39.3 Å². The van der Waals surface area contributed by atoms with E-state index in [9.17, 15) is 9.18 Å². The van der Waals surface area contributed by atoms with E-state index in [1.54, 1.807) is 25.1 Å². The Balaban J connectivity index is 2.27. The molecule has 0 spiro atoms. The summed E-state index contributed by atoms with van der Waals surface area (Å²) in [6.45, 7) is 1.72. The summed E-state index contributed by atoms with van der Waals surface area (Å²) in [5.41, 5.74) is 7.85. The van der Waals surface area contributed by atoms with Gasteiger partial charge in [0.05, 0.1) is 4.47 Å². The van der Waals surface area contributed by atoms with Crippen molar-refractivity contribution in [2.45, 2.75) is 6.92 Å². The molecule has 0 saturated carbocycles. The van der Waals surface area contributed by atoms with Crippen LogP contribution in [0.3, 0.4) is 0 Å². The lowest BCUT2D eigenvalue weighted by molar-refractivity contribution is 0.102. The van der Waals surface area contributed by atoms with E-state index in [4.69, 9.17) is 5.73 Å². The average Bonchev–Trinajstić information content (AvgIpc) is 2.39. The van der Waals surface area contributed by atoms with Gasteiger partial charge in [0, 0.05) is 21.4 Å². The topological polar surface area (TPSA) is 55.1 Å². The molecule has 0 unspecified atom stereocenters. The summed E-state index contributed by atoms with van der Waals surface area (Å²) in [6, 6.07) is 7.83. The summed E-state index contributed by atoms with van der Waals surface area (Å²) in [6.07, 6.45) is 0. The van der Waals surface area contributed by atoms with Crippen LogP contribution < -0.4 is 11.1 Å². The molecule has 2 aromatic carbocycles. The van der Waals surface area contributed by atoms with Gasteiger partial charge in [0.2, 0.25) is 0 Å². The van der Waals surface area contributed by atoms with E-state index in [1.165, 1.54) is 12.1 Å². The van der Waals surface area contributed by atoms with Crippen molar-refractivity contribution in [1.82, 2.24) is 0 Å². The Morgan fingerprint density at radius 1 is 1.20 bits per heavy atom. The maximum atomic E-state index is 13.3. The molecule has 1 amide bonds. The van der Waals surface area contributed by atoms with Gasteiger partial charge in [-0.25, -0.2) is 4.39 Å². The Labute approximate surface area is 132 Å². The average molecular weight is 402 g/mol. The van der Waals surface area contributed by atoms with E-state index in [-0.39, 0.29) is 11.7 Å². The van der Waals surface area contributed by atoms with Gasteiger partial charge in [0.15, 0.2) is 0 Å². The molecule has 0 saturated heterocycles. The molecule has 0 heterocycles. The van der Waals surface area contributed by atoms with Gasteiger partial charge in [-0.05, 0) is 74.7 Å². The van der Waals surface area contributed by atoms with Crippen molar-refractivity contribution in [1.29, 1.82) is 0 Å². The number of amides is 1. The van der Waals surface area contributed by atoms with Gasteiger partial charge in [-0.2, -0.15) is 0 Å². The number of rotatable bonds is 2. The first-order valence-corrected chi connectivity index (χ1v) is 7.29. The van der Waals surface area contributed by atoms with Crippen molar-refractivity contribution < 1.29 is 9.18 Å². The number of carbonyl (C=O) groups excluding carboxylic acids is 1. The molecule has 0 aliphatic carbocycles. The van der Waals surface area contributed by atoms with Crippen LogP contribution in [0.25, 0.3) is 0 Å². The first kappa shape index (κ1) is 15.0. The van der Waals surface area contributed by atoms with Gasteiger partial charge in [-0.15, -0.1) is 0 Å². The van der Waals surface area contributed by atoms with Crippen molar-refractivity contribution >= 4 is 49.1 Å². The fourth-order valence-electron chi connectivity index (χ4n) is 1.66. The highest BCUT2D eigenvalue weighted by molar-refractivity contribution is 9.10. The van der Waals surface area contributed by atoms with Crippen LogP contribution in [-0.4, -0.2) is 5.91 Å². The van der Waals surface area contributed by atoms with Crippen LogP contribution in [0.4, 0.5) is 15.8 Å². The maximum absolute atomic E-state index is 13.3. The van der Waals surface area contributed by atoms with Crippen LogP contribution in [0.5, 0.6) is 0 Å². The predicted octanol–water partition coefficient (Wildman–Crippen LogP) is 4.49. The van der Waals surface area contributed by atoms with E-state index < -0.39 is 0 Å². The molecule has 0 aromatic heterocycles. The molecular formula is C14H11Br2FN2O. The minimum atomic E-state index is -0.367. The Bertz CT molecular complexity index is 689. The largest absolute Gasteiger partial charge is 0.398 e. The molecule has 3 N–H and O–H groups in total. The number of anilines is 2. The van der Waals surface area contributed by atoms with E-state index >= 15 is 0 Å². The molecular weight excluding hydrogens is 391 g/mol. The molecule has 2 aromatic rings. The zero-order valence-electron chi connectivity index (χ0n) is 10.5. The Morgan fingerprint density at radius 3 is 2.55 bits per heavy atom. The molecule has 0 aliphatic heterocycles. The first-order chi connectivity index (χ1) is 9.38. The molecule has 0 fully saturated rings. The van der Waals surface area contributed by atoms with Crippen LogP contribution in [0.1, 0.15) is 15.9 Å². The van der Waals surface area contributed by atoms with Gasteiger partial charge in [-0.3, -0.25) is 4.79 Å². The minimum Gasteiger partial charge on any atom is -0.398 e. The summed E-state index contributed by atoms with van der Waals surface area (Å²) < 4.78 is 14.4. The maximum Gasteiger partial charge on any atom is 0.255 e. The predicted molar refractivity (Wildman–Crippen MR) is 85.3 cm³/mol. The molecule has 0 aliphatic rings. The van der Waals surface area contributed by atoms with Gasteiger partial charge >= 0.3 is 0 Å². The monoisotopic (exact) mass is 400 g/mol. The van der Waals surface area contributed by atoms with E-state index in [1.807, 2.05) is 0 Å². The second-order valence-electron chi connectivity index (χ2n) is 4.27. The second kappa shape index (κ2) is 5.93. The van der Waals surface area contributed by atoms with Crippen LogP contribution in [0.2, 0.25) is 0 Å². The lowest BCUT2D eigenvalue weighted by atomic mass is 10.1. The number of nitrogens with two attached hydrogens (primary N) is 1. The van der Waals surface area contributed by atoms with Crippen molar-refractivity contribution in [3.8, 4) is 0 Å². The Kier molecular flexibility index (Phi) is 4.45. The number of hydrogen-bond donors (Lipinski definition) is 2. The van der Waals surface area contributed by atoms with Crippen LogP contribution in [0, 0.1) is 12.7 Å². The normalized spacial score (nSPS) is 10.4. The van der Waals surface area contributed by atoms with Crippen molar-refractivity contribution in [2.75, 3.05) is 11.1 Å². The van der Waals surface area contributed by atoms with Crippen molar-refractivity contribution in [2.24, 2.45) is 0 Å². The molecule has 6 heteroatoms. The number of carbonyl (C=O) groups is 1. The second-order valence-corrected chi connectivity index (χ2v) is 5.98. The SMILES string of the molecule is Cc1cc(F)c(Br)cc1NC(=O)c1ccc(Br)c(N)c1. The molecule has 3 nitrogen and oxygen atoms in total. The zero-order valence-corrected chi connectivity index (χ0v) is 13.7. The standard InChI is InChI=1S/C14H11Br2FN2O/c1-7-4-11(17)10(16)6-13(7)19-14(20)8-2-3-9(15)12(18)5-8/h2-6H,18H2,1H3,(H,19,20). The minimum absolute atomic E-state index is 0.300. The fourth-order valence-corrected chi connectivity index (χ4v) is 2.25. The summed E-state index contributed by atoms with van der Waals surface area (Å²) in [5.74, 6) is -0.667. The lowest BCUT2D eigenvalue weighted by Crippen LogP contribution is -2.13. The summed E-state index contributed by atoms with van der Waals surface area (Å²) >= 11 is 6.36. The zero-order chi connectivity index (χ0) is 14.9. The molecule has 104 valence electrons. The third-order valence-corrected chi connectivity index (χ3v) is 4.10. The summed E-state index contributed by atoms with van der Waals surface area (Å²) in [5, 5.41) is 2.73. The van der Waals surface area contributed by atoms with Crippen LogP contribution >= 0.6 is 31.9 Å². The lowest BCUT2D eigenvalue weighted by Gasteiger charge is -2.10. The van der Waals surface area contributed by atoms with E-state index in [0.29, 0.717) is 27.0 Å². The number of hydrogen-bond acceptors (Lipinski definition) is 2. The molecule has 0 radical (unpaired) electrons. The number of nitrogens with one attached hydrogen (secondary N) is 1. The molecule has 2 rings (SSSR count).